The average molecular weight is 775 g/mol. The first-order chi connectivity index (χ1) is 26.6. The molecular formula is C39H37F3N6O8. The number of alkyl halides is 3. The molecule has 14 nitrogen and oxygen atoms in total. The summed E-state index contributed by atoms with van der Waals surface area (Å²) in [5.74, 6) is -1.78. The summed E-state index contributed by atoms with van der Waals surface area (Å²) in [6.45, 7) is 3.62. The van der Waals surface area contributed by atoms with E-state index in [0.717, 1.165) is 60.6 Å². The molecule has 0 aliphatic carbocycles. The molecular weight excluding hydrogens is 737 g/mol. The van der Waals surface area contributed by atoms with Crippen LogP contribution in [-0.4, -0.2) is 98.6 Å². The third-order valence-corrected chi connectivity index (χ3v) is 8.80. The molecule has 0 bridgehead atoms. The first-order valence-electron chi connectivity index (χ1n) is 17.0. The number of hydrogen-bond acceptors (Lipinski definition) is 9. The maximum atomic E-state index is 13.5. The fourth-order valence-electron chi connectivity index (χ4n) is 5.75. The second kappa shape index (κ2) is 17.6. The van der Waals surface area contributed by atoms with Gasteiger partial charge >= 0.3 is 24.1 Å². The fourth-order valence-corrected chi connectivity index (χ4v) is 5.75. The van der Waals surface area contributed by atoms with Gasteiger partial charge in [-0.3, -0.25) is 14.5 Å². The molecule has 1 aliphatic rings. The molecule has 2 amide bonds. The Kier molecular flexibility index (Phi) is 12.7. The zero-order chi connectivity index (χ0) is 40.6. The van der Waals surface area contributed by atoms with Crippen LogP contribution in [0.2, 0.25) is 0 Å². The highest BCUT2D eigenvalue weighted by molar-refractivity contribution is 6.05. The van der Waals surface area contributed by atoms with E-state index in [1.165, 1.54) is 29.9 Å². The number of carbonyl (C=O) groups is 4. The van der Waals surface area contributed by atoms with E-state index in [-0.39, 0.29) is 17.5 Å². The molecule has 1 aliphatic heterocycles. The van der Waals surface area contributed by atoms with Gasteiger partial charge in [-0.2, -0.15) is 13.2 Å². The normalized spacial score (nSPS) is 13.2. The first kappa shape index (κ1) is 40.4. The van der Waals surface area contributed by atoms with Crippen LogP contribution in [0.25, 0.3) is 10.9 Å². The Bertz CT molecular complexity index is 2200. The maximum absolute atomic E-state index is 13.5. The minimum absolute atomic E-state index is 0.0332. The second-order valence-corrected chi connectivity index (χ2v) is 12.5. The van der Waals surface area contributed by atoms with Crippen LogP contribution in [0, 0.1) is 0 Å². The van der Waals surface area contributed by atoms with Gasteiger partial charge in [-0.05, 0) is 66.2 Å². The quantitative estimate of drug-likeness (QED) is 0.166. The summed E-state index contributed by atoms with van der Waals surface area (Å²) < 4.78 is 51.6. The Morgan fingerprint density at radius 1 is 0.839 bits per heavy atom. The van der Waals surface area contributed by atoms with Crippen LogP contribution in [0.15, 0.2) is 97.3 Å². The number of rotatable bonds is 10. The van der Waals surface area contributed by atoms with Crippen LogP contribution in [0.1, 0.15) is 32.0 Å². The zero-order valence-corrected chi connectivity index (χ0v) is 30.4. The lowest BCUT2D eigenvalue weighted by Gasteiger charge is -2.34. The van der Waals surface area contributed by atoms with E-state index >= 15 is 0 Å². The molecule has 0 radical (unpaired) electrons. The van der Waals surface area contributed by atoms with Crippen molar-refractivity contribution in [3.05, 3.63) is 120 Å². The molecule has 0 atom stereocenters. The predicted molar refractivity (Wildman–Crippen MR) is 198 cm³/mol. The molecule has 5 aromatic rings. The highest BCUT2D eigenvalue weighted by atomic mass is 19.4. The SMILES string of the molecule is COc1ccc(CN2CCN(C(=O)c3cc4cc(Oc5ncc(N(C)C(=O)c6ccc(C(F)(F)F)cc6)cn5)ccc4n3C)CC2)cc1.O=C(O)C=CC(=O)O. The molecule has 1 saturated heterocycles. The second-order valence-electron chi connectivity index (χ2n) is 12.5. The number of fused-ring (bicyclic) bond motifs is 1. The molecule has 3 heterocycles. The number of halogens is 3. The van der Waals surface area contributed by atoms with Crippen molar-refractivity contribution in [3.63, 3.8) is 0 Å². The van der Waals surface area contributed by atoms with Crippen molar-refractivity contribution in [1.29, 1.82) is 0 Å². The van der Waals surface area contributed by atoms with Crippen LogP contribution >= 0.6 is 0 Å². The van der Waals surface area contributed by atoms with Gasteiger partial charge in [-0.1, -0.05) is 12.1 Å². The van der Waals surface area contributed by atoms with Crippen molar-refractivity contribution in [3.8, 4) is 17.5 Å². The third kappa shape index (κ3) is 10.3. The minimum atomic E-state index is -4.49. The predicted octanol–water partition coefficient (Wildman–Crippen LogP) is 5.73. The minimum Gasteiger partial charge on any atom is -0.497 e. The largest absolute Gasteiger partial charge is 0.497 e. The Morgan fingerprint density at radius 3 is 1.98 bits per heavy atom. The topological polar surface area (TPSA) is 168 Å². The van der Waals surface area contributed by atoms with E-state index < -0.39 is 29.6 Å². The van der Waals surface area contributed by atoms with Gasteiger partial charge in [-0.15, -0.1) is 0 Å². The summed E-state index contributed by atoms with van der Waals surface area (Å²) in [5, 5.41) is 16.4. The Hall–Kier alpha value is -6.75. The number of carboxylic acids is 2. The third-order valence-electron chi connectivity index (χ3n) is 8.80. The lowest BCUT2D eigenvalue weighted by Crippen LogP contribution is -2.48. The number of aromatic nitrogens is 3. The lowest BCUT2D eigenvalue weighted by molar-refractivity contribution is -0.137. The number of aryl methyl sites for hydroxylation is 1. The summed E-state index contributed by atoms with van der Waals surface area (Å²) >= 11 is 0. The van der Waals surface area contributed by atoms with E-state index in [1.54, 1.807) is 19.2 Å². The van der Waals surface area contributed by atoms with E-state index in [9.17, 15) is 32.3 Å². The van der Waals surface area contributed by atoms with E-state index in [1.807, 2.05) is 40.8 Å². The number of piperazine rings is 1. The van der Waals surface area contributed by atoms with Gasteiger partial charge in [0.15, 0.2) is 0 Å². The lowest BCUT2D eigenvalue weighted by atomic mass is 10.1. The molecule has 0 unspecified atom stereocenters. The van der Waals surface area contributed by atoms with E-state index in [2.05, 4.69) is 27.0 Å². The average Bonchev–Trinajstić information content (AvgIpc) is 3.52. The Morgan fingerprint density at radius 2 is 1.43 bits per heavy atom. The van der Waals surface area contributed by atoms with Crippen molar-refractivity contribution in [2.75, 3.05) is 45.2 Å². The van der Waals surface area contributed by atoms with Crippen molar-refractivity contribution < 1.29 is 52.0 Å². The Labute approximate surface area is 318 Å². The molecule has 6 rings (SSSR count). The molecule has 2 aromatic heterocycles. The molecule has 0 saturated carbocycles. The number of aliphatic carboxylic acids is 2. The van der Waals surface area contributed by atoms with Crippen LogP contribution in [-0.2, 0) is 29.4 Å². The number of carbonyl (C=O) groups excluding carboxylic acids is 2. The number of carboxylic acid groups (broad SMARTS) is 2. The highest BCUT2D eigenvalue weighted by Gasteiger charge is 2.30. The number of ether oxygens (including phenoxy) is 2. The maximum Gasteiger partial charge on any atom is 0.416 e. The number of nitrogens with zero attached hydrogens (tertiary/aromatic N) is 6. The zero-order valence-electron chi connectivity index (χ0n) is 30.4. The van der Waals surface area contributed by atoms with Crippen LogP contribution < -0.4 is 14.4 Å². The van der Waals surface area contributed by atoms with Crippen LogP contribution in [0.5, 0.6) is 17.5 Å². The first-order valence-corrected chi connectivity index (χ1v) is 17.0. The van der Waals surface area contributed by atoms with Crippen molar-refractivity contribution >= 4 is 40.3 Å². The molecule has 56 heavy (non-hydrogen) atoms. The van der Waals surface area contributed by atoms with Gasteiger partial charge in [-0.25, -0.2) is 19.6 Å². The number of anilines is 1. The molecule has 1 fully saturated rings. The smallest absolute Gasteiger partial charge is 0.416 e. The van der Waals surface area contributed by atoms with Crippen molar-refractivity contribution in [1.82, 2.24) is 24.3 Å². The van der Waals surface area contributed by atoms with Gasteiger partial charge < -0.3 is 34.1 Å². The van der Waals surface area contributed by atoms with Crippen LogP contribution in [0.4, 0.5) is 18.9 Å². The van der Waals surface area contributed by atoms with E-state index in [4.69, 9.17) is 19.7 Å². The van der Waals surface area contributed by atoms with Gasteiger partial charge in [0.05, 0.1) is 30.8 Å². The van der Waals surface area contributed by atoms with Gasteiger partial charge in [0.1, 0.15) is 17.2 Å². The van der Waals surface area contributed by atoms with Gasteiger partial charge in [0, 0.05) is 75.4 Å². The molecule has 3 aromatic carbocycles. The number of methoxy groups -OCH3 is 1. The van der Waals surface area contributed by atoms with E-state index in [0.29, 0.717) is 42.4 Å². The molecule has 0 spiro atoms. The number of hydrogen-bond donors (Lipinski definition) is 2. The summed E-state index contributed by atoms with van der Waals surface area (Å²) in [5.41, 5.74) is 2.22. The fraction of sp³-hybridized carbons (Fsp3) is 0.231. The van der Waals surface area contributed by atoms with Crippen molar-refractivity contribution in [2.24, 2.45) is 7.05 Å². The van der Waals surface area contributed by atoms with Crippen LogP contribution in [0.3, 0.4) is 0 Å². The summed E-state index contributed by atoms with van der Waals surface area (Å²) in [6.07, 6.45) is -0.597. The number of benzene rings is 3. The Balaban J connectivity index is 0.000000677. The number of amides is 2. The standard InChI is InChI=1S/C35H33F3N6O4.C4H4O4/c1-41(32(45)24-6-8-26(9-7-24)35(36,37)38)27-20-39-34(40-21-27)48-29-12-13-30-25(18-29)19-31(42(30)2)33(46)44-16-14-43(15-17-44)22-23-4-10-28(47-3)11-5-23;5-3(6)1-2-4(7)8/h4-13,18-21H,14-17,22H2,1-3H3;1-2H,(H,5,6)(H,7,8). The van der Waals surface area contributed by atoms with Crippen molar-refractivity contribution in [2.45, 2.75) is 12.7 Å². The molecule has 2 N–H and O–H groups in total. The molecule has 292 valence electrons. The summed E-state index contributed by atoms with van der Waals surface area (Å²) in [7, 11) is 4.99. The monoisotopic (exact) mass is 774 g/mol. The van der Waals surface area contributed by atoms with Gasteiger partial charge in [0.25, 0.3) is 11.8 Å². The highest BCUT2D eigenvalue weighted by Crippen LogP contribution is 2.30. The molecule has 17 heteroatoms. The van der Waals surface area contributed by atoms with Gasteiger partial charge in [0.2, 0.25) is 0 Å². The summed E-state index contributed by atoms with van der Waals surface area (Å²) in [4.78, 5) is 59.3. The summed E-state index contributed by atoms with van der Waals surface area (Å²) in [6, 6.07) is 19.3.